The zero-order chi connectivity index (χ0) is 10.8. The van der Waals surface area contributed by atoms with E-state index in [2.05, 4.69) is 9.99 Å². The number of aryl methyl sites for hydroxylation is 1. The molecule has 0 N–H and O–H groups in total. The summed E-state index contributed by atoms with van der Waals surface area (Å²) in [5.74, 6) is 0.351. The molecule has 0 aliphatic heterocycles. The van der Waals surface area contributed by atoms with Crippen molar-refractivity contribution in [1.29, 1.82) is 0 Å². The Morgan fingerprint density at radius 3 is 2.71 bits per heavy atom. The van der Waals surface area contributed by atoms with Crippen LogP contribution in [0.25, 0.3) is 0 Å². The Balaban J connectivity index is 2.78. The van der Waals surface area contributed by atoms with Crippen LogP contribution in [-0.2, 0) is 20.6 Å². The molecule has 0 fully saturated rings. The van der Waals surface area contributed by atoms with Gasteiger partial charge in [-0.2, -0.15) is 0 Å². The average Bonchev–Trinajstić information content (AvgIpc) is 2.48. The Hall–Kier alpha value is -0.920. The van der Waals surface area contributed by atoms with Gasteiger partial charge in [0.1, 0.15) is 17.2 Å². The van der Waals surface area contributed by atoms with E-state index in [4.69, 9.17) is 4.52 Å². The normalized spacial score (nSPS) is 12.3. The average molecular weight is 220 g/mol. The summed E-state index contributed by atoms with van der Waals surface area (Å²) in [5.41, 5.74) is 0.367. The predicted octanol–water partition coefficient (Wildman–Crippen LogP) is 0.306. The number of nitrogens with zero attached hydrogens (tertiary/aromatic N) is 2. The maximum atomic E-state index is 11.5. The highest BCUT2D eigenvalue weighted by Crippen LogP contribution is 2.09. The molecule has 80 valence electrons. The van der Waals surface area contributed by atoms with Gasteiger partial charge in [0.15, 0.2) is 0 Å². The molecular formula is C7H12N2O4S. The van der Waals surface area contributed by atoms with E-state index in [1.807, 2.05) is 0 Å². The molecule has 14 heavy (non-hydrogen) atoms. The second-order valence-corrected chi connectivity index (χ2v) is 4.74. The van der Waals surface area contributed by atoms with Gasteiger partial charge in [0.05, 0.1) is 7.11 Å². The van der Waals surface area contributed by atoms with Crippen LogP contribution in [0.4, 0.5) is 0 Å². The van der Waals surface area contributed by atoms with Crippen LogP contribution >= 0.6 is 0 Å². The molecule has 1 aromatic heterocycles. The van der Waals surface area contributed by atoms with Gasteiger partial charge in [-0.3, -0.25) is 4.84 Å². The number of hydroxylamine groups is 1. The molecule has 0 saturated heterocycles. The highest BCUT2D eigenvalue weighted by atomic mass is 32.2. The second kappa shape index (κ2) is 4.07. The summed E-state index contributed by atoms with van der Waals surface area (Å²) in [6.45, 7) is 1.70. The van der Waals surface area contributed by atoms with Crippen molar-refractivity contribution >= 4 is 10.0 Å². The third kappa shape index (κ3) is 2.53. The van der Waals surface area contributed by atoms with Crippen molar-refractivity contribution in [3.8, 4) is 0 Å². The van der Waals surface area contributed by atoms with E-state index in [-0.39, 0.29) is 5.75 Å². The third-order valence-corrected chi connectivity index (χ3v) is 3.25. The van der Waals surface area contributed by atoms with Gasteiger partial charge < -0.3 is 4.52 Å². The van der Waals surface area contributed by atoms with Gasteiger partial charge in [-0.1, -0.05) is 9.63 Å². The Labute approximate surface area is 82.4 Å². The van der Waals surface area contributed by atoms with Crippen LogP contribution in [0.3, 0.4) is 0 Å². The topological polar surface area (TPSA) is 72.6 Å². The largest absolute Gasteiger partial charge is 0.361 e. The molecule has 0 radical (unpaired) electrons. The molecule has 6 nitrogen and oxygen atoms in total. The first-order valence-corrected chi connectivity index (χ1v) is 5.49. The summed E-state index contributed by atoms with van der Waals surface area (Å²) in [5, 5.41) is 3.58. The number of sulfonamides is 1. The van der Waals surface area contributed by atoms with E-state index in [0.717, 1.165) is 4.47 Å². The second-order valence-electron chi connectivity index (χ2n) is 2.78. The molecular weight excluding hydrogens is 208 g/mol. The molecule has 0 spiro atoms. The lowest BCUT2D eigenvalue weighted by Crippen LogP contribution is -2.27. The summed E-state index contributed by atoms with van der Waals surface area (Å²) in [6.07, 6.45) is 0. The number of hydrogen-bond acceptors (Lipinski definition) is 5. The van der Waals surface area contributed by atoms with Crippen LogP contribution in [0.1, 0.15) is 11.5 Å². The van der Waals surface area contributed by atoms with Crippen molar-refractivity contribution in [3.63, 3.8) is 0 Å². The molecule has 0 saturated carbocycles. The summed E-state index contributed by atoms with van der Waals surface area (Å²) in [4.78, 5) is 4.58. The van der Waals surface area contributed by atoms with E-state index < -0.39 is 10.0 Å². The molecule has 0 atom stereocenters. The van der Waals surface area contributed by atoms with Crippen molar-refractivity contribution in [2.24, 2.45) is 0 Å². The first-order valence-electron chi connectivity index (χ1n) is 3.88. The zero-order valence-corrected chi connectivity index (χ0v) is 9.04. The molecule has 1 rings (SSSR count). The lowest BCUT2D eigenvalue weighted by atomic mass is 10.4. The SMILES string of the molecule is CON(C)S(=O)(=O)Cc1cc(C)on1. The Morgan fingerprint density at radius 2 is 2.29 bits per heavy atom. The number of rotatable bonds is 4. The van der Waals surface area contributed by atoms with Crippen molar-refractivity contribution in [1.82, 2.24) is 9.63 Å². The molecule has 0 amide bonds. The quantitative estimate of drug-likeness (QED) is 0.683. The lowest BCUT2D eigenvalue weighted by molar-refractivity contribution is -0.0260. The Bertz CT molecular complexity index is 398. The first-order chi connectivity index (χ1) is 6.45. The molecule has 1 aromatic rings. The van der Waals surface area contributed by atoms with E-state index in [9.17, 15) is 8.42 Å². The van der Waals surface area contributed by atoms with E-state index >= 15 is 0 Å². The fourth-order valence-corrected chi connectivity index (χ4v) is 1.80. The molecule has 7 heteroatoms. The summed E-state index contributed by atoms with van der Waals surface area (Å²) >= 11 is 0. The minimum Gasteiger partial charge on any atom is -0.361 e. The van der Waals surface area contributed by atoms with Gasteiger partial charge in [0.2, 0.25) is 10.0 Å². The molecule has 0 aliphatic rings. The lowest BCUT2D eigenvalue weighted by Gasteiger charge is -2.12. The fourth-order valence-electron chi connectivity index (χ4n) is 0.877. The molecule has 0 aromatic carbocycles. The standard InChI is InChI=1S/C7H12N2O4S/c1-6-4-7(8-13-6)5-14(10,11)9(2)12-3/h4H,5H2,1-3H3. The minimum absolute atomic E-state index is 0.228. The van der Waals surface area contributed by atoms with Gasteiger partial charge in [-0.15, -0.1) is 0 Å². The van der Waals surface area contributed by atoms with E-state index in [1.54, 1.807) is 13.0 Å². The maximum Gasteiger partial charge on any atom is 0.241 e. The van der Waals surface area contributed by atoms with Crippen molar-refractivity contribution in [3.05, 3.63) is 17.5 Å². The monoisotopic (exact) mass is 220 g/mol. The zero-order valence-electron chi connectivity index (χ0n) is 8.22. The van der Waals surface area contributed by atoms with Crippen molar-refractivity contribution in [2.75, 3.05) is 14.2 Å². The summed E-state index contributed by atoms with van der Waals surface area (Å²) in [7, 11) is -0.856. The van der Waals surface area contributed by atoms with E-state index in [1.165, 1.54) is 14.2 Å². The fraction of sp³-hybridized carbons (Fsp3) is 0.571. The Kier molecular flexibility index (Phi) is 3.25. The first kappa shape index (κ1) is 11.2. The van der Waals surface area contributed by atoms with E-state index in [0.29, 0.717) is 11.5 Å². The van der Waals surface area contributed by atoms with Crippen molar-refractivity contribution < 1.29 is 17.8 Å². The van der Waals surface area contributed by atoms with Crippen LogP contribution in [0.5, 0.6) is 0 Å². The highest BCUT2D eigenvalue weighted by molar-refractivity contribution is 7.88. The van der Waals surface area contributed by atoms with Gasteiger partial charge >= 0.3 is 0 Å². The van der Waals surface area contributed by atoms with Crippen LogP contribution in [0.2, 0.25) is 0 Å². The maximum absolute atomic E-state index is 11.5. The van der Waals surface area contributed by atoms with Crippen LogP contribution in [0.15, 0.2) is 10.6 Å². The van der Waals surface area contributed by atoms with Gasteiger partial charge in [-0.25, -0.2) is 8.42 Å². The highest BCUT2D eigenvalue weighted by Gasteiger charge is 2.20. The van der Waals surface area contributed by atoms with Crippen molar-refractivity contribution in [2.45, 2.75) is 12.7 Å². The smallest absolute Gasteiger partial charge is 0.241 e. The third-order valence-electron chi connectivity index (χ3n) is 1.66. The van der Waals surface area contributed by atoms with Crippen LogP contribution in [0, 0.1) is 6.92 Å². The molecule has 0 aliphatic carbocycles. The summed E-state index contributed by atoms with van der Waals surface area (Å²) in [6, 6.07) is 1.57. The molecule has 0 bridgehead atoms. The Morgan fingerprint density at radius 1 is 1.64 bits per heavy atom. The minimum atomic E-state index is -3.46. The summed E-state index contributed by atoms with van der Waals surface area (Å²) < 4.78 is 28.5. The number of hydrogen-bond donors (Lipinski definition) is 0. The van der Waals surface area contributed by atoms with Crippen LogP contribution in [-0.4, -0.2) is 32.2 Å². The predicted molar refractivity (Wildman–Crippen MR) is 48.6 cm³/mol. The van der Waals surface area contributed by atoms with Crippen LogP contribution < -0.4 is 0 Å². The molecule has 0 unspecified atom stereocenters. The van der Waals surface area contributed by atoms with Gasteiger partial charge in [-0.05, 0) is 6.92 Å². The number of aromatic nitrogens is 1. The van der Waals surface area contributed by atoms with Gasteiger partial charge in [0.25, 0.3) is 0 Å². The molecule has 1 heterocycles. The van der Waals surface area contributed by atoms with Gasteiger partial charge in [0, 0.05) is 13.1 Å².